The molecule has 0 heterocycles. The highest BCUT2D eigenvalue weighted by atomic mass is 35.5. The Balaban J connectivity index is 2.59. The van der Waals surface area contributed by atoms with Gasteiger partial charge in [-0.15, -0.1) is 0 Å². The molecule has 0 saturated heterocycles. The summed E-state index contributed by atoms with van der Waals surface area (Å²) in [5, 5.41) is 0.646. The predicted molar refractivity (Wildman–Crippen MR) is 69.2 cm³/mol. The fourth-order valence-corrected chi connectivity index (χ4v) is 2.00. The van der Waals surface area contributed by atoms with Gasteiger partial charge in [0.1, 0.15) is 0 Å². The quantitative estimate of drug-likeness (QED) is 0.682. The molecule has 0 atom stereocenters. The maximum absolute atomic E-state index is 11.9. The highest BCUT2D eigenvalue weighted by molar-refractivity contribution is 6.31. The molecule has 1 aromatic rings. The Kier molecular flexibility index (Phi) is 5.01. The molecule has 1 nitrogen and oxygen atoms in total. The van der Waals surface area contributed by atoms with Crippen LogP contribution >= 0.6 is 11.6 Å². The van der Waals surface area contributed by atoms with Crippen LogP contribution in [-0.4, -0.2) is 5.78 Å². The smallest absolute Gasteiger partial charge is 0.162 e. The van der Waals surface area contributed by atoms with Crippen LogP contribution in [0, 0.1) is 12.8 Å². The molecule has 0 aliphatic heterocycles. The Hall–Kier alpha value is -0.820. The number of aryl methyl sites for hydroxylation is 1. The average Bonchev–Trinajstić information content (AvgIpc) is 2.15. The molecule has 0 amide bonds. The van der Waals surface area contributed by atoms with E-state index in [9.17, 15) is 4.79 Å². The van der Waals surface area contributed by atoms with E-state index in [2.05, 4.69) is 13.8 Å². The lowest BCUT2D eigenvalue weighted by atomic mass is 10.0. The lowest BCUT2D eigenvalue weighted by Gasteiger charge is -2.05. The van der Waals surface area contributed by atoms with Gasteiger partial charge in [-0.05, 0) is 43.0 Å². The molecule has 2 heteroatoms. The molecule has 0 aromatic heterocycles. The maximum atomic E-state index is 11.9. The number of hydrogen-bond acceptors (Lipinski definition) is 1. The number of ketones is 1. The maximum Gasteiger partial charge on any atom is 0.162 e. The third kappa shape index (κ3) is 4.36. The van der Waals surface area contributed by atoms with Gasteiger partial charge in [-0.1, -0.05) is 31.9 Å². The van der Waals surface area contributed by atoms with E-state index >= 15 is 0 Å². The van der Waals surface area contributed by atoms with E-state index in [0.717, 1.165) is 24.0 Å². The van der Waals surface area contributed by atoms with Crippen LogP contribution < -0.4 is 0 Å². The van der Waals surface area contributed by atoms with E-state index in [4.69, 9.17) is 11.6 Å². The number of hydrogen-bond donors (Lipinski definition) is 0. The summed E-state index contributed by atoms with van der Waals surface area (Å²) in [5.41, 5.74) is 1.79. The first-order chi connectivity index (χ1) is 7.49. The molecule has 1 aromatic carbocycles. The van der Waals surface area contributed by atoms with Gasteiger partial charge >= 0.3 is 0 Å². The van der Waals surface area contributed by atoms with Gasteiger partial charge in [-0.3, -0.25) is 4.79 Å². The first-order valence-electron chi connectivity index (χ1n) is 5.79. The van der Waals surface area contributed by atoms with Crippen molar-refractivity contribution in [3.8, 4) is 0 Å². The lowest BCUT2D eigenvalue weighted by Crippen LogP contribution is -2.00. The largest absolute Gasteiger partial charge is 0.294 e. The Morgan fingerprint density at radius 1 is 1.31 bits per heavy atom. The molecule has 0 spiro atoms. The molecule has 0 N–H and O–H groups in total. The molecule has 0 radical (unpaired) electrons. The standard InChI is InChI=1S/C14H19ClO/c1-10(2)5-4-6-14(16)12-7-11(3)8-13(15)9-12/h7-10H,4-6H2,1-3H3. The minimum absolute atomic E-state index is 0.200. The van der Waals surface area contributed by atoms with Crippen molar-refractivity contribution in [3.05, 3.63) is 34.3 Å². The second kappa shape index (κ2) is 6.05. The van der Waals surface area contributed by atoms with Crippen LogP contribution in [-0.2, 0) is 0 Å². The fraction of sp³-hybridized carbons (Fsp3) is 0.500. The summed E-state index contributed by atoms with van der Waals surface area (Å²) in [6, 6.07) is 5.53. The van der Waals surface area contributed by atoms with E-state index in [0.29, 0.717) is 17.4 Å². The van der Waals surface area contributed by atoms with Gasteiger partial charge in [0, 0.05) is 17.0 Å². The molecule has 0 aliphatic rings. The zero-order chi connectivity index (χ0) is 12.1. The van der Waals surface area contributed by atoms with Crippen molar-refractivity contribution in [2.75, 3.05) is 0 Å². The molecular weight excluding hydrogens is 220 g/mol. The van der Waals surface area contributed by atoms with Crippen molar-refractivity contribution in [2.24, 2.45) is 5.92 Å². The molecule has 1 rings (SSSR count). The molecular formula is C14H19ClO. The number of carbonyl (C=O) groups excluding carboxylic acids is 1. The Labute approximate surface area is 103 Å². The third-order valence-corrected chi connectivity index (χ3v) is 2.77. The molecule has 0 saturated carbocycles. The minimum atomic E-state index is 0.200. The van der Waals surface area contributed by atoms with Crippen LogP contribution in [0.5, 0.6) is 0 Å². The molecule has 16 heavy (non-hydrogen) atoms. The third-order valence-electron chi connectivity index (χ3n) is 2.55. The van der Waals surface area contributed by atoms with Crippen LogP contribution in [0.2, 0.25) is 5.02 Å². The van der Waals surface area contributed by atoms with Crippen molar-refractivity contribution in [1.82, 2.24) is 0 Å². The number of Topliss-reactive ketones (excluding diaryl/α,β-unsaturated/α-hetero) is 1. The molecule has 0 fully saturated rings. The van der Waals surface area contributed by atoms with E-state index in [1.54, 1.807) is 6.07 Å². The van der Waals surface area contributed by atoms with Gasteiger partial charge in [0.25, 0.3) is 0 Å². The number of carbonyl (C=O) groups is 1. The van der Waals surface area contributed by atoms with Crippen LogP contribution in [0.1, 0.15) is 49.0 Å². The Morgan fingerprint density at radius 3 is 2.56 bits per heavy atom. The molecule has 0 aliphatic carbocycles. The van der Waals surface area contributed by atoms with Crippen molar-refractivity contribution in [1.29, 1.82) is 0 Å². The summed E-state index contributed by atoms with van der Waals surface area (Å²) in [6.07, 6.45) is 2.69. The molecule has 88 valence electrons. The van der Waals surface area contributed by atoms with Gasteiger partial charge in [-0.2, -0.15) is 0 Å². The van der Waals surface area contributed by atoms with Gasteiger partial charge < -0.3 is 0 Å². The molecule has 0 unspecified atom stereocenters. The van der Waals surface area contributed by atoms with Crippen molar-refractivity contribution in [2.45, 2.75) is 40.0 Å². The number of rotatable bonds is 5. The number of benzene rings is 1. The zero-order valence-corrected chi connectivity index (χ0v) is 11.0. The fourth-order valence-electron chi connectivity index (χ4n) is 1.71. The topological polar surface area (TPSA) is 17.1 Å². The average molecular weight is 239 g/mol. The van der Waals surface area contributed by atoms with Crippen molar-refractivity contribution >= 4 is 17.4 Å². The first kappa shape index (κ1) is 13.2. The second-order valence-electron chi connectivity index (χ2n) is 4.73. The van der Waals surface area contributed by atoms with Crippen molar-refractivity contribution < 1.29 is 4.79 Å². The van der Waals surface area contributed by atoms with Crippen LogP contribution in [0.3, 0.4) is 0 Å². The highest BCUT2D eigenvalue weighted by Gasteiger charge is 2.07. The number of halogens is 1. The van der Waals surface area contributed by atoms with Crippen LogP contribution in [0.25, 0.3) is 0 Å². The SMILES string of the molecule is Cc1cc(Cl)cc(C(=O)CCCC(C)C)c1. The van der Waals surface area contributed by atoms with Crippen LogP contribution in [0.4, 0.5) is 0 Å². The van der Waals surface area contributed by atoms with Crippen LogP contribution in [0.15, 0.2) is 18.2 Å². The van der Waals surface area contributed by atoms with E-state index < -0.39 is 0 Å². The van der Waals surface area contributed by atoms with Crippen molar-refractivity contribution in [3.63, 3.8) is 0 Å². The van der Waals surface area contributed by atoms with E-state index in [1.165, 1.54) is 0 Å². The monoisotopic (exact) mass is 238 g/mol. The Bertz CT molecular complexity index is 349. The normalized spacial score (nSPS) is 10.8. The predicted octanol–water partition coefficient (Wildman–Crippen LogP) is 4.66. The van der Waals surface area contributed by atoms with Gasteiger partial charge in [0.05, 0.1) is 0 Å². The van der Waals surface area contributed by atoms with Gasteiger partial charge in [0.15, 0.2) is 5.78 Å². The second-order valence-corrected chi connectivity index (χ2v) is 5.16. The lowest BCUT2D eigenvalue weighted by molar-refractivity contribution is 0.0978. The van der Waals surface area contributed by atoms with E-state index in [-0.39, 0.29) is 5.78 Å². The summed E-state index contributed by atoms with van der Waals surface area (Å²) in [5.74, 6) is 0.861. The van der Waals surface area contributed by atoms with Gasteiger partial charge in [0.2, 0.25) is 0 Å². The summed E-state index contributed by atoms with van der Waals surface area (Å²) >= 11 is 5.93. The Morgan fingerprint density at radius 2 is 2.00 bits per heavy atom. The van der Waals surface area contributed by atoms with Gasteiger partial charge in [-0.25, -0.2) is 0 Å². The van der Waals surface area contributed by atoms with E-state index in [1.807, 2.05) is 19.1 Å². The highest BCUT2D eigenvalue weighted by Crippen LogP contribution is 2.17. The molecule has 0 bridgehead atoms. The summed E-state index contributed by atoms with van der Waals surface area (Å²) in [6.45, 7) is 6.30. The zero-order valence-electron chi connectivity index (χ0n) is 10.2. The first-order valence-corrected chi connectivity index (χ1v) is 6.17. The summed E-state index contributed by atoms with van der Waals surface area (Å²) < 4.78 is 0. The summed E-state index contributed by atoms with van der Waals surface area (Å²) in [4.78, 5) is 11.9. The minimum Gasteiger partial charge on any atom is -0.294 e. The summed E-state index contributed by atoms with van der Waals surface area (Å²) in [7, 11) is 0.